The van der Waals surface area contributed by atoms with Gasteiger partial charge in [-0.1, -0.05) is 35.9 Å². The van der Waals surface area contributed by atoms with Crippen LogP contribution in [-0.4, -0.2) is 0 Å². The van der Waals surface area contributed by atoms with Crippen LogP contribution in [0.5, 0.6) is 0 Å². The van der Waals surface area contributed by atoms with Crippen LogP contribution in [0.25, 0.3) is 0 Å². The maximum Gasteiger partial charge on any atom is 0.126 e. The molecule has 0 saturated carbocycles. The monoisotopic (exact) mass is 291 g/mol. The third kappa shape index (κ3) is 3.59. The van der Waals surface area contributed by atoms with Gasteiger partial charge in [-0.2, -0.15) is 0 Å². The minimum absolute atomic E-state index is 0.0794. The SMILES string of the molecule is Cc1ccc(C(C)N[C@@H](C)c2ccc(Cl)cc2)cc1F. The van der Waals surface area contributed by atoms with E-state index in [0.717, 1.165) is 16.1 Å². The summed E-state index contributed by atoms with van der Waals surface area (Å²) in [6.07, 6.45) is 0. The van der Waals surface area contributed by atoms with Gasteiger partial charge < -0.3 is 5.32 Å². The molecule has 2 rings (SSSR count). The molecule has 0 aliphatic rings. The molecule has 0 amide bonds. The highest BCUT2D eigenvalue weighted by Crippen LogP contribution is 2.22. The molecule has 2 aromatic rings. The fourth-order valence-electron chi connectivity index (χ4n) is 2.20. The van der Waals surface area contributed by atoms with E-state index >= 15 is 0 Å². The molecule has 1 nitrogen and oxygen atoms in total. The van der Waals surface area contributed by atoms with Crippen LogP contribution in [0.4, 0.5) is 4.39 Å². The lowest BCUT2D eigenvalue weighted by molar-refractivity contribution is 0.491. The lowest BCUT2D eigenvalue weighted by Crippen LogP contribution is -2.22. The Bertz CT molecular complexity index is 580. The van der Waals surface area contributed by atoms with Gasteiger partial charge in [-0.3, -0.25) is 0 Å². The Kier molecular flexibility index (Phi) is 4.79. The molecule has 2 atom stereocenters. The van der Waals surface area contributed by atoms with E-state index in [0.29, 0.717) is 5.56 Å². The lowest BCUT2D eigenvalue weighted by atomic mass is 10.0. The third-order valence-corrected chi connectivity index (χ3v) is 3.82. The van der Waals surface area contributed by atoms with Gasteiger partial charge in [-0.15, -0.1) is 0 Å². The van der Waals surface area contributed by atoms with E-state index in [1.165, 1.54) is 0 Å². The molecular formula is C17H19ClFN. The molecule has 20 heavy (non-hydrogen) atoms. The second kappa shape index (κ2) is 6.38. The topological polar surface area (TPSA) is 12.0 Å². The average molecular weight is 292 g/mol. The van der Waals surface area contributed by atoms with Crippen LogP contribution in [-0.2, 0) is 0 Å². The second-order valence-electron chi connectivity index (χ2n) is 5.17. The van der Waals surface area contributed by atoms with E-state index in [2.05, 4.69) is 12.2 Å². The molecular weight excluding hydrogens is 273 g/mol. The van der Waals surface area contributed by atoms with E-state index in [-0.39, 0.29) is 17.9 Å². The zero-order chi connectivity index (χ0) is 14.7. The Labute approximate surface area is 124 Å². The summed E-state index contributed by atoms with van der Waals surface area (Å²) >= 11 is 5.89. The first kappa shape index (κ1) is 15.0. The summed E-state index contributed by atoms with van der Waals surface area (Å²) < 4.78 is 13.6. The van der Waals surface area contributed by atoms with Crippen molar-refractivity contribution in [1.82, 2.24) is 5.32 Å². The van der Waals surface area contributed by atoms with Gasteiger partial charge in [0.25, 0.3) is 0 Å². The van der Waals surface area contributed by atoms with Crippen molar-refractivity contribution >= 4 is 11.6 Å². The van der Waals surface area contributed by atoms with Crippen molar-refractivity contribution in [2.75, 3.05) is 0 Å². The molecule has 0 aliphatic heterocycles. The van der Waals surface area contributed by atoms with Crippen LogP contribution >= 0.6 is 11.6 Å². The summed E-state index contributed by atoms with van der Waals surface area (Å²) in [5.41, 5.74) is 2.79. The first-order valence-electron chi connectivity index (χ1n) is 6.75. The average Bonchev–Trinajstić information content (AvgIpc) is 2.42. The van der Waals surface area contributed by atoms with E-state index in [1.807, 2.05) is 43.3 Å². The van der Waals surface area contributed by atoms with Gasteiger partial charge in [0.05, 0.1) is 0 Å². The molecule has 3 heteroatoms. The molecule has 0 aromatic heterocycles. The smallest absolute Gasteiger partial charge is 0.126 e. The Morgan fingerprint density at radius 2 is 1.50 bits per heavy atom. The maximum atomic E-state index is 13.6. The van der Waals surface area contributed by atoms with Crippen LogP contribution in [0.1, 0.15) is 42.6 Å². The third-order valence-electron chi connectivity index (χ3n) is 3.57. The van der Waals surface area contributed by atoms with E-state index in [1.54, 1.807) is 13.0 Å². The fraction of sp³-hybridized carbons (Fsp3) is 0.294. The summed E-state index contributed by atoms with van der Waals surface area (Å²) in [5, 5.41) is 4.20. The van der Waals surface area contributed by atoms with Crippen molar-refractivity contribution < 1.29 is 4.39 Å². The molecule has 1 unspecified atom stereocenters. The van der Waals surface area contributed by atoms with Crippen LogP contribution in [0.2, 0.25) is 5.02 Å². The number of hydrogen-bond donors (Lipinski definition) is 1. The summed E-state index contributed by atoms with van der Waals surface area (Å²) in [5.74, 6) is -0.157. The van der Waals surface area contributed by atoms with E-state index in [4.69, 9.17) is 11.6 Å². The summed E-state index contributed by atoms with van der Waals surface area (Å²) in [6.45, 7) is 5.90. The minimum Gasteiger partial charge on any atom is -0.304 e. The van der Waals surface area contributed by atoms with E-state index < -0.39 is 0 Å². The van der Waals surface area contributed by atoms with Crippen molar-refractivity contribution in [1.29, 1.82) is 0 Å². The molecule has 0 saturated heterocycles. The zero-order valence-corrected chi connectivity index (χ0v) is 12.7. The molecule has 2 aromatic carbocycles. The van der Waals surface area contributed by atoms with Crippen molar-refractivity contribution in [3.63, 3.8) is 0 Å². The molecule has 1 N–H and O–H groups in total. The Hall–Kier alpha value is -1.38. The highest BCUT2D eigenvalue weighted by atomic mass is 35.5. The van der Waals surface area contributed by atoms with Crippen molar-refractivity contribution in [2.45, 2.75) is 32.9 Å². The van der Waals surface area contributed by atoms with Crippen molar-refractivity contribution in [2.24, 2.45) is 0 Å². The van der Waals surface area contributed by atoms with Crippen LogP contribution < -0.4 is 5.32 Å². The number of rotatable bonds is 4. The number of aryl methyl sites for hydroxylation is 1. The highest BCUT2D eigenvalue weighted by molar-refractivity contribution is 6.30. The first-order chi connectivity index (χ1) is 9.47. The lowest BCUT2D eigenvalue weighted by Gasteiger charge is -2.21. The maximum absolute atomic E-state index is 13.6. The van der Waals surface area contributed by atoms with Crippen molar-refractivity contribution in [3.8, 4) is 0 Å². The van der Waals surface area contributed by atoms with Gasteiger partial charge in [0.2, 0.25) is 0 Å². The standard InChI is InChI=1S/C17H19ClFN/c1-11-4-5-15(10-17(11)19)13(3)20-12(2)14-6-8-16(18)9-7-14/h4-10,12-13,20H,1-3H3/t12-,13?/m0/s1. The molecule has 0 fully saturated rings. The zero-order valence-electron chi connectivity index (χ0n) is 12.0. The highest BCUT2D eigenvalue weighted by Gasteiger charge is 2.12. The number of hydrogen-bond acceptors (Lipinski definition) is 1. The minimum atomic E-state index is -0.157. The predicted octanol–water partition coefficient (Wildman–Crippen LogP) is 5.20. The Morgan fingerprint density at radius 3 is 2.10 bits per heavy atom. The van der Waals surface area contributed by atoms with Gasteiger partial charge in [0, 0.05) is 17.1 Å². The predicted molar refractivity (Wildman–Crippen MR) is 82.6 cm³/mol. The van der Waals surface area contributed by atoms with Gasteiger partial charge in [0.15, 0.2) is 0 Å². The van der Waals surface area contributed by atoms with Crippen LogP contribution in [0.3, 0.4) is 0 Å². The van der Waals surface area contributed by atoms with Gasteiger partial charge in [-0.25, -0.2) is 4.39 Å². The number of benzene rings is 2. The molecule has 0 bridgehead atoms. The Morgan fingerprint density at radius 1 is 0.950 bits per heavy atom. The van der Waals surface area contributed by atoms with Gasteiger partial charge >= 0.3 is 0 Å². The first-order valence-corrected chi connectivity index (χ1v) is 7.12. The molecule has 106 valence electrons. The van der Waals surface area contributed by atoms with Gasteiger partial charge in [-0.05, 0) is 55.7 Å². The van der Waals surface area contributed by atoms with E-state index in [9.17, 15) is 4.39 Å². The quantitative estimate of drug-likeness (QED) is 0.816. The van der Waals surface area contributed by atoms with Gasteiger partial charge in [0.1, 0.15) is 5.82 Å². The molecule has 0 aliphatic carbocycles. The second-order valence-corrected chi connectivity index (χ2v) is 5.61. The normalized spacial score (nSPS) is 14.1. The number of halogens is 2. The molecule has 0 radical (unpaired) electrons. The fourth-order valence-corrected chi connectivity index (χ4v) is 2.32. The van der Waals surface area contributed by atoms with Crippen LogP contribution in [0, 0.1) is 12.7 Å². The largest absolute Gasteiger partial charge is 0.304 e. The summed E-state index contributed by atoms with van der Waals surface area (Å²) in [6, 6.07) is 13.4. The summed E-state index contributed by atoms with van der Waals surface area (Å²) in [4.78, 5) is 0. The Balaban J connectivity index is 2.08. The molecule has 0 heterocycles. The number of nitrogens with one attached hydrogen (secondary N) is 1. The summed E-state index contributed by atoms with van der Waals surface area (Å²) in [7, 11) is 0. The molecule has 0 spiro atoms. The van der Waals surface area contributed by atoms with Crippen LogP contribution in [0.15, 0.2) is 42.5 Å². The van der Waals surface area contributed by atoms with Crippen molar-refractivity contribution in [3.05, 3.63) is 70.0 Å².